The van der Waals surface area contributed by atoms with Crippen molar-refractivity contribution in [3.63, 3.8) is 0 Å². The average molecular weight is 386 g/mol. The highest BCUT2D eigenvalue weighted by molar-refractivity contribution is 5.56. The molecule has 2 saturated carbocycles. The van der Waals surface area contributed by atoms with E-state index in [0.29, 0.717) is 11.1 Å². The third kappa shape index (κ3) is 1.98. The fourth-order valence-electron chi connectivity index (χ4n) is 5.48. The number of benzene rings is 2. The molecule has 0 heterocycles. The van der Waals surface area contributed by atoms with Crippen molar-refractivity contribution in [2.75, 3.05) is 6.61 Å². The first-order chi connectivity index (χ1) is 13.2. The molecule has 6 N–H and O–H groups in total. The lowest BCUT2D eigenvalue weighted by atomic mass is 9.30. The minimum atomic E-state index is -2.24. The largest absolute Gasteiger partial charge is 0.394 e. The van der Waals surface area contributed by atoms with Crippen LogP contribution < -0.4 is 0 Å². The van der Waals surface area contributed by atoms with Crippen molar-refractivity contribution in [3.8, 4) is 0 Å². The fourth-order valence-corrected chi connectivity index (χ4v) is 5.48. The van der Waals surface area contributed by atoms with Crippen LogP contribution in [0.15, 0.2) is 48.5 Å². The van der Waals surface area contributed by atoms with E-state index >= 15 is 0 Å². The maximum absolute atomic E-state index is 11.5. The van der Waals surface area contributed by atoms with E-state index in [-0.39, 0.29) is 0 Å². The molecule has 0 spiro atoms. The van der Waals surface area contributed by atoms with Crippen LogP contribution in [0.1, 0.15) is 34.1 Å². The van der Waals surface area contributed by atoms with E-state index in [9.17, 15) is 30.6 Å². The van der Waals surface area contributed by atoms with Crippen LogP contribution in [-0.4, -0.2) is 66.3 Å². The van der Waals surface area contributed by atoms with E-state index < -0.39 is 47.5 Å². The number of aliphatic hydroxyl groups is 6. The molecular weight excluding hydrogens is 360 g/mol. The number of hydrogen-bond acceptors (Lipinski definition) is 6. The second-order valence-corrected chi connectivity index (χ2v) is 8.24. The second kappa shape index (κ2) is 6.10. The Labute approximate surface area is 163 Å². The standard InChI is InChI=1S/C22H26O6/c1-12-7-9-14(10-8-12)18-20(26,16(24)11-23)22(28)17(19(25)21(18,22)27)15-6-4-3-5-13(15)2/h3-10,16-19,23-28H,11H2,1-2H3/t16-,17?,18?,19?,20+,21+,22+/m1/s1. The zero-order valence-electron chi connectivity index (χ0n) is 15.8. The molecule has 2 aliphatic rings. The van der Waals surface area contributed by atoms with Crippen LogP contribution in [0.4, 0.5) is 0 Å². The van der Waals surface area contributed by atoms with Gasteiger partial charge in [0.15, 0.2) is 0 Å². The SMILES string of the molecule is Cc1ccc(C2[C@]3(O)C(O)C(c4ccccc4C)[C@]3(O)[C@]2(O)[C@H](O)CO)cc1. The van der Waals surface area contributed by atoms with Gasteiger partial charge < -0.3 is 30.6 Å². The molecule has 3 unspecified atom stereocenters. The highest BCUT2D eigenvalue weighted by Gasteiger charge is 2.93. The normalized spacial score (nSPS) is 40.2. The van der Waals surface area contributed by atoms with Crippen LogP contribution in [0.3, 0.4) is 0 Å². The first kappa shape index (κ1) is 19.5. The predicted octanol–water partition coefficient (Wildman–Crippen LogP) is 0.105. The molecule has 0 aliphatic heterocycles. The van der Waals surface area contributed by atoms with Gasteiger partial charge >= 0.3 is 0 Å². The van der Waals surface area contributed by atoms with Crippen molar-refractivity contribution < 1.29 is 30.6 Å². The molecule has 150 valence electrons. The Balaban J connectivity index is 1.87. The molecule has 6 heteroatoms. The molecule has 28 heavy (non-hydrogen) atoms. The highest BCUT2D eigenvalue weighted by atomic mass is 16.5. The van der Waals surface area contributed by atoms with E-state index in [4.69, 9.17) is 0 Å². The Hall–Kier alpha value is -1.80. The van der Waals surface area contributed by atoms with Crippen molar-refractivity contribution in [2.24, 2.45) is 0 Å². The number of hydrogen-bond donors (Lipinski definition) is 6. The Kier molecular flexibility index (Phi) is 4.25. The molecule has 6 nitrogen and oxygen atoms in total. The molecule has 7 atom stereocenters. The Bertz CT molecular complexity index is 898. The van der Waals surface area contributed by atoms with Gasteiger partial charge in [0, 0.05) is 5.92 Å². The quantitative estimate of drug-likeness (QED) is 0.444. The predicted molar refractivity (Wildman–Crippen MR) is 102 cm³/mol. The first-order valence-corrected chi connectivity index (χ1v) is 9.41. The van der Waals surface area contributed by atoms with E-state index in [2.05, 4.69) is 0 Å². The summed E-state index contributed by atoms with van der Waals surface area (Å²) in [4.78, 5) is 0. The molecular formula is C22H26O6. The number of fused-ring (bicyclic) bond motifs is 1. The summed E-state index contributed by atoms with van der Waals surface area (Å²) in [6.07, 6.45) is -3.06. The second-order valence-electron chi connectivity index (χ2n) is 8.24. The lowest BCUT2D eigenvalue weighted by Gasteiger charge is -2.80. The smallest absolute Gasteiger partial charge is 0.138 e. The highest BCUT2D eigenvalue weighted by Crippen LogP contribution is 2.75. The van der Waals surface area contributed by atoms with E-state index in [1.165, 1.54) is 0 Å². The van der Waals surface area contributed by atoms with Crippen LogP contribution >= 0.6 is 0 Å². The molecule has 2 aromatic carbocycles. The van der Waals surface area contributed by atoms with Gasteiger partial charge in [-0.1, -0.05) is 54.1 Å². The van der Waals surface area contributed by atoms with Crippen molar-refractivity contribution >= 4 is 0 Å². The zero-order valence-corrected chi connectivity index (χ0v) is 15.8. The van der Waals surface area contributed by atoms with Gasteiger partial charge in [0.25, 0.3) is 0 Å². The Morgan fingerprint density at radius 1 is 0.964 bits per heavy atom. The van der Waals surface area contributed by atoms with Gasteiger partial charge in [0.2, 0.25) is 0 Å². The van der Waals surface area contributed by atoms with E-state index in [1.54, 1.807) is 49.4 Å². The summed E-state index contributed by atoms with van der Waals surface area (Å²) in [7, 11) is 0. The van der Waals surface area contributed by atoms with E-state index in [0.717, 1.165) is 11.1 Å². The van der Waals surface area contributed by atoms with Gasteiger partial charge in [-0.2, -0.15) is 0 Å². The molecule has 0 bridgehead atoms. The first-order valence-electron chi connectivity index (χ1n) is 9.41. The van der Waals surface area contributed by atoms with Gasteiger partial charge in [-0.15, -0.1) is 0 Å². The summed E-state index contributed by atoms with van der Waals surface area (Å²) in [5.41, 5.74) is -3.73. The minimum Gasteiger partial charge on any atom is -0.394 e. The van der Waals surface area contributed by atoms with Crippen LogP contribution in [-0.2, 0) is 0 Å². The van der Waals surface area contributed by atoms with Crippen molar-refractivity contribution in [1.82, 2.24) is 0 Å². The van der Waals surface area contributed by atoms with Gasteiger partial charge in [-0.05, 0) is 30.5 Å². The molecule has 4 rings (SSSR count). The third-order valence-corrected chi connectivity index (χ3v) is 6.93. The molecule has 2 aliphatic carbocycles. The number of aliphatic hydroxyl groups excluding tert-OH is 3. The van der Waals surface area contributed by atoms with Gasteiger partial charge in [0.1, 0.15) is 22.9 Å². The topological polar surface area (TPSA) is 121 Å². The van der Waals surface area contributed by atoms with Crippen LogP contribution in [0.5, 0.6) is 0 Å². The summed E-state index contributed by atoms with van der Waals surface area (Å²) in [5.74, 6) is -2.17. The summed E-state index contributed by atoms with van der Waals surface area (Å²) < 4.78 is 0. The molecule has 2 aromatic rings. The zero-order chi connectivity index (χ0) is 20.5. The molecule has 0 aromatic heterocycles. The monoisotopic (exact) mass is 386 g/mol. The minimum absolute atomic E-state index is 0.468. The fraction of sp³-hybridized carbons (Fsp3) is 0.455. The summed E-state index contributed by atoms with van der Waals surface area (Å²) >= 11 is 0. The lowest BCUT2D eigenvalue weighted by molar-refractivity contribution is -0.459. The molecule has 0 saturated heterocycles. The third-order valence-electron chi connectivity index (χ3n) is 6.93. The molecule has 0 amide bonds. The van der Waals surface area contributed by atoms with Gasteiger partial charge in [0.05, 0.1) is 18.6 Å². The maximum atomic E-state index is 11.5. The number of aryl methyl sites for hydroxylation is 2. The Morgan fingerprint density at radius 2 is 1.57 bits per heavy atom. The summed E-state index contributed by atoms with van der Waals surface area (Å²) in [6, 6.07) is 14.0. The average Bonchev–Trinajstić information content (AvgIpc) is 2.69. The lowest BCUT2D eigenvalue weighted by Crippen LogP contribution is -2.99. The van der Waals surface area contributed by atoms with Crippen LogP contribution in [0.25, 0.3) is 0 Å². The van der Waals surface area contributed by atoms with Gasteiger partial charge in [-0.25, -0.2) is 0 Å². The molecule has 0 radical (unpaired) electrons. The number of rotatable bonds is 4. The maximum Gasteiger partial charge on any atom is 0.138 e. The van der Waals surface area contributed by atoms with Crippen LogP contribution in [0, 0.1) is 13.8 Å². The van der Waals surface area contributed by atoms with Crippen molar-refractivity contribution in [1.29, 1.82) is 0 Å². The Morgan fingerprint density at radius 3 is 2.14 bits per heavy atom. The van der Waals surface area contributed by atoms with Gasteiger partial charge in [-0.3, -0.25) is 0 Å². The summed E-state index contributed by atoms with van der Waals surface area (Å²) in [6.45, 7) is 2.89. The van der Waals surface area contributed by atoms with Crippen molar-refractivity contribution in [3.05, 3.63) is 70.8 Å². The summed E-state index contributed by atoms with van der Waals surface area (Å²) in [5, 5.41) is 65.3. The molecule has 2 fully saturated rings. The van der Waals surface area contributed by atoms with Crippen LogP contribution in [0.2, 0.25) is 0 Å². The van der Waals surface area contributed by atoms with E-state index in [1.807, 2.05) is 13.0 Å². The van der Waals surface area contributed by atoms with Crippen molar-refractivity contribution in [2.45, 2.75) is 54.7 Å².